The first-order valence-corrected chi connectivity index (χ1v) is 12.0. The summed E-state index contributed by atoms with van der Waals surface area (Å²) < 4.78 is 5.21. The molecule has 4 aliphatic rings. The highest BCUT2D eigenvalue weighted by atomic mass is 35.5. The normalized spacial score (nSPS) is 28.1. The van der Waals surface area contributed by atoms with Gasteiger partial charge in [-0.05, 0) is 97.6 Å². The molecule has 1 amide bonds. The van der Waals surface area contributed by atoms with Crippen LogP contribution in [0, 0.1) is 23.7 Å². The third kappa shape index (κ3) is 3.36. The van der Waals surface area contributed by atoms with E-state index in [1.54, 1.807) is 25.3 Å². The highest BCUT2D eigenvalue weighted by Crippen LogP contribution is 2.60. The summed E-state index contributed by atoms with van der Waals surface area (Å²) in [5.41, 5.74) is 3.32. The quantitative estimate of drug-likeness (QED) is 0.485. The van der Waals surface area contributed by atoms with E-state index >= 15 is 0 Å². The van der Waals surface area contributed by atoms with Crippen LogP contribution in [0.25, 0.3) is 10.9 Å². The minimum Gasteiger partial charge on any atom is -0.495 e. The second-order valence-electron chi connectivity index (χ2n) is 9.87. The van der Waals surface area contributed by atoms with Crippen molar-refractivity contribution in [3.63, 3.8) is 0 Å². The van der Waals surface area contributed by atoms with Crippen molar-refractivity contribution in [3.05, 3.63) is 64.8 Å². The van der Waals surface area contributed by atoms with Crippen LogP contribution < -0.4 is 10.1 Å². The van der Waals surface area contributed by atoms with E-state index < -0.39 is 0 Å². The summed E-state index contributed by atoms with van der Waals surface area (Å²) in [5.74, 6) is 4.24. The lowest BCUT2D eigenvalue weighted by atomic mass is 9.50. The van der Waals surface area contributed by atoms with Gasteiger partial charge in [0.25, 0.3) is 5.91 Å². The number of para-hydroxylation sites is 1. The Balaban J connectivity index is 1.37. The lowest BCUT2D eigenvalue weighted by Crippen LogP contribution is -2.43. The van der Waals surface area contributed by atoms with Gasteiger partial charge in [0, 0.05) is 11.1 Å². The maximum atomic E-state index is 13.2. The number of pyridine rings is 1. The third-order valence-corrected chi connectivity index (χ3v) is 8.27. The Hall–Kier alpha value is -2.59. The Morgan fingerprint density at radius 2 is 1.72 bits per heavy atom. The number of benzene rings is 2. The average Bonchev–Trinajstić information content (AvgIpc) is 2.78. The molecule has 0 saturated heterocycles. The van der Waals surface area contributed by atoms with Crippen LogP contribution in [-0.2, 0) is 0 Å². The van der Waals surface area contributed by atoms with Gasteiger partial charge in [-0.25, -0.2) is 4.98 Å². The van der Waals surface area contributed by atoms with Gasteiger partial charge in [0.2, 0.25) is 0 Å². The molecule has 4 fully saturated rings. The summed E-state index contributed by atoms with van der Waals surface area (Å²) in [6.45, 7) is 0. The number of methoxy groups -OCH3 is 1. The summed E-state index contributed by atoms with van der Waals surface area (Å²) in [5, 5.41) is 4.64. The second-order valence-corrected chi connectivity index (χ2v) is 10.3. The first kappa shape index (κ1) is 20.0. The van der Waals surface area contributed by atoms with E-state index in [2.05, 4.69) is 23.5 Å². The molecule has 1 heterocycles. The molecule has 1 aromatic heterocycles. The highest BCUT2D eigenvalue weighted by molar-refractivity contribution is 6.32. The van der Waals surface area contributed by atoms with Crippen molar-refractivity contribution in [2.45, 2.75) is 38.0 Å². The first-order chi connectivity index (χ1) is 15.6. The van der Waals surface area contributed by atoms with Gasteiger partial charge in [-0.2, -0.15) is 0 Å². The SMILES string of the molecule is COc1ccc(NC(=O)c2cc(C3C4CC5CC(C4)CC3C5)c3ccccc3n2)cc1Cl. The number of halogens is 1. The predicted octanol–water partition coefficient (Wildman–Crippen LogP) is 6.69. The Bertz CT molecular complexity index is 1180. The number of ether oxygens (including phenoxy) is 1. The van der Waals surface area contributed by atoms with Crippen molar-refractivity contribution in [1.29, 1.82) is 0 Å². The van der Waals surface area contributed by atoms with Gasteiger partial charge < -0.3 is 10.1 Å². The van der Waals surface area contributed by atoms with E-state index in [0.29, 0.717) is 28.1 Å². The Kier molecular flexibility index (Phi) is 4.87. The number of carbonyl (C=O) groups excluding carboxylic acids is 1. The fourth-order valence-corrected chi connectivity index (χ4v) is 7.22. The minimum atomic E-state index is -0.206. The molecule has 4 bridgehead atoms. The number of hydrogen-bond acceptors (Lipinski definition) is 3. The van der Waals surface area contributed by atoms with Crippen LogP contribution in [0.2, 0.25) is 5.02 Å². The zero-order chi connectivity index (χ0) is 21.8. The van der Waals surface area contributed by atoms with Gasteiger partial charge in [-0.3, -0.25) is 4.79 Å². The number of nitrogens with zero attached hydrogens (tertiary/aromatic N) is 1. The summed E-state index contributed by atoms with van der Waals surface area (Å²) in [6, 6.07) is 15.6. The first-order valence-electron chi connectivity index (χ1n) is 11.6. The summed E-state index contributed by atoms with van der Waals surface area (Å²) in [4.78, 5) is 17.9. The number of aromatic nitrogens is 1. The van der Waals surface area contributed by atoms with Crippen molar-refractivity contribution in [2.75, 3.05) is 12.4 Å². The van der Waals surface area contributed by atoms with Crippen LogP contribution in [-0.4, -0.2) is 18.0 Å². The summed E-state index contributed by atoms with van der Waals surface area (Å²) in [7, 11) is 1.57. The molecule has 0 aliphatic heterocycles. The number of anilines is 1. The predicted molar refractivity (Wildman–Crippen MR) is 127 cm³/mol. The topological polar surface area (TPSA) is 51.2 Å². The molecular weight excluding hydrogens is 420 g/mol. The van der Waals surface area contributed by atoms with Crippen LogP contribution in [0.15, 0.2) is 48.5 Å². The molecule has 1 N–H and O–H groups in total. The number of carbonyl (C=O) groups is 1. The van der Waals surface area contributed by atoms with E-state index in [4.69, 9.17) is 21.3 Å². The van der Waals surface area contributed by atoms with Crippen LogP contribution in [0.5, 0.6) is 5.75 Å². The molecule has 2 aromatic carbocycles. The van der Waals surface area contributed by atoms with Crippen LogP contribution in [0.1, 0.15) is 54.1 Å². The standard InChI is InChI=1S/C27H27ClN2O2/c1-32-25-7-6-19(13-22(25)28)29-27(31)24-14-21(20-4-2-3-5-23(20)30-24)26-17-9-15-8-16(11-17)12-18(26)10-15/h2-7,13-18,26H,8-12H2,1H3,(H,29,31). The van der Waals surface area contributed by atoms with Gasteiger partial charge >= 0.3 is 0 Å². The third-order valence-electron chi connectivity index (χ3n) is 7.98. The number of fused-ring (bicyclic) bond motifs is 1. The molecule has 5 heteroatoms. The molecule has 0 spiro atoms. The van der Waals surface area contributed by atoms with Crippen molar-refractivity contribution >= 4 is 34.1 Å². The number of rotatable bonds is 4. The molecular formula is C27H27ClN2O2. The van der Waals surface area contributed by atoms with Gasteiger partial charge in [-0.1, -0.05) is 29.8 Å². The van der Waals surface area contributed by atoms with Crippen molar-refractivity contribution in [3.8, 4) is 5.75 Å². The largest absolute Gasteiger partial charge is 0.495 e. The zero-order valence-corrected chi connectivity index (χ0v) is 18.9. The summed E-state index contributed by atoms with van der Waals surface area (Å²) >= 11 is 6.24. The van der Waals surface area contributed by atoms with E-state index in [-0.39, 0.29) is 5.91 Å². The van der Waals surface area contributed by atoms with Gasteiger partial charge in [0.15, 0.2) is 0 Å². The molecule has 0 unspecified atom stereocenters. The van der Waals surface area contributed by atoms with Crippen LogP contribution in [0.3, 0.4) is 0 Å². The Morgan fingerprint density at radius 3 is 2.41 bits per heavy atom. The second kappa shape index (κ2) is 7.77. The maximum Gasteiger partial charge on any atom is 0.274 e. The lowest BCUT2D eigenvalue weighted by molar-refractivity contribution is -0.00234. The van der Waals surface area contributed by atoms with Crippen molar-refractivity contribution in [1.82, 2.24) is 4.98 Å². The average molecular weight is 447 g/mol. The van der Waals surface area contributed by atoms with Crippen molar-refractivity contribution in [2.24, 2.45) is 23.7 Å². The van der Waals surface area contributed by atoms with Crippen molar-refractivity contribution < 1.29 is 9.53 Å². The molecule has 7 rings (SSSR count). The maximum absolute atomic E-state index is 13.2. The van der Waals surface area contributed by atoms with Gasteiger partial charge in [0.1, 0.15) is 11.4 Å². The van der Waals surface area contributed by atoms with E-state index in [0.717, 1.165) is 29.2 Å². The Labute approximate surface area is 193 Å². The van der Waals surface area contributed by atoms with Gasteiger partial charge in [-0.15, -0.1) is 0 Å². The van der Waals surface area contributed by atoms with E-state index in [1.807, 2.05) is 12.1 Å². The highest BCUT2D eigenvalue weighted by Gasteiger charge is 2.49. The lowest BCUT2D eigenvalue weighted by Gasteiger charge is -2.54. The zero-order valence-electron chi connectivity index (χ0n) is 18.2. The molecule has 4 saturated carbocycles. The van der Waals surface area contributed by atoms with Crippen LogP contribution in [0.4, 0.5) is 5.69 Å². The Morgan fingerprint density at radius 1 is 1.00 bits per heavy atom. The van der Waals surface area contributed by atoms with Gasteiger partial charge in [0.05, 0.1) is 17.6 Å². The number of amides is 1. The molecule has 32 heavy (non-hydrogen) atoms. The molecule has 4 aliphatic carbocycles. The fourth-order valence-electron chi connectivity index (χ4n) is 6.97. The number of nitrogens with one attached hydrogen (secondary N) is 1. The molecule has 4 nitrogen and oxygen atoms in total. The van der Waals surface area contributed by atoms with E-state index in [9.17, 15) is 4.79 Å². The summed E-state index contributed by atoms with van der Waals surface area (Å²) in [6.07, 6.45) is 6.83. The number of hydrogen-bond donors (Lipinski definition) is 1. The van der Waals surface area contributed by atoms with E-state index in [1.165, 1.54) is 43.1 Å². The minimum absolute atomic E-state index is 0.206. The molecule has 3 aromatic rings. The molecule has 164 valence electrons. The molecule has 0 atom stereocenters. The monoisotopic (exact) mass is 446 g/mol. The fraction of sp³-hybridized carbons (Fsp3) is 0.407. The van der Waals surface area contributed by atoms with Crippen LogP contribution >= 0.6 is 11.6 Å². The smallest absolute Gasteiger partial charge is 0.274 e. The molecule has 0 radical (unpaired) electrons.